The second-order valence-electron chi connectivity index (χ2n) is 3.24. The first-order valence-electron chi connectivity index (χ1n) is 4.50. The van der Waals surface area contributed by atoms with E-state index < -0.39 is 0 Å². The Morgan fingerprint density at radius 1 is 1.92 bits per heavy atom. The number of carbonyl (C=O) groups excluding carboxylic acids is 1. The zero-order valence-corrected chi connectivity index (χ0v) is 8.00. The van der Waals surface area contributed by atoms with E-state index in [4.69, 9.17) is 5.73 Å². The molecular weight excluding hydrogens is 168 g/mol. The smallest absolute Gasteiger partial charge is 0.239 e. The number of hydrogen-bond acceptors (Lipinski definition) is 4. The summed E-state index contributed by atoms with van der Waals surface area (Å²) in [6.07, 6.45) is 0.671. The van der Waals surface area contributed by atoms with Crippen molar-refractivity contribution in [3.63, 3.8) is 0 Å². The van der Waals surface area contributed by atoms with Crippen LogP contribution < -0.4 is 16.4 Å². The van der Waals surface area contributed by atoms with Crippen LogP contribution in [0, 0.1) is 0 Å². The van der Waals surface area contributed by atoms with Gasteiger partial charge in [-0.05, 0) is 13.3 Å². The number of hydrogen-bond donors (Lipinski definition) is 3. The minimum Gasteiger partial charge on any atom is -0.368 e. The number of primary amides is 1. The highest BCUT2D eigenvalue weighted by atomic mass is 16.1. The zero-order chi connectivity index (χ0) is 9.84. The molecule has 0 aromatic heterocycles. The van der Waals surface area contributed by atoms with Crippen LogP contribution in [0.15, 0.2) is 4.99 Å². The lowest BCUT2D eigenvalue weighted by atomic mass is 10.2. The molecule has 1 aliphatic heterocycles. The summed E-state index contributed by atoms with van der Waals surface area (Å²) in [5.74, 6) is 0.338. The molecule has 5 heteroatoms. The number of guanidine groups is 1. The molecule has 13 heavy (non-hydrogen) atoms. The lowest BCUT2D eigenvalue weighted by molar-refractivity contribution is -0.119. The van der Waals surface area contributed by atoms with Crippen LogP contribution in [0.3, 0.4) is 0 Å². The molecule has 0 spiro atoms. The number of carbonyl (C=O) groups is 1. The molecule has 4 N–H and O–H groups in total. The summed E-state index contributed by atoms with van der Waals surface area (Å²) in [6.45, 7) is 4.68. The highest BCUT2D eigenvalue weighted by Gasteiger charge is 2.18. The van der Waals surface area contributed by atoms with Gasteiger partial charge in [-0.15, -0.1) is 0 Å². The fraction of sp³-hybridized carbons (Fsp3) is 0.750. The van der Waals surface area contributed by atoms with Crippen LogP contribution in [0.1, 0.15) is 20.3 Å². The number of aliphatic imine (C=N–C) groups is 1. The fourth-order valence-corrected chi connectivity index (χ4v) is 1.18. The highest BCUT2D eigenvalue weighted by Crippen LogP contribution is 1.95. The summed E-state index contributed by atoms with van der Waals surface area (Å²) in [7, 11) is 0. The van der Waals surface area contributed by atoms with Crippen molar-refractivity contribution >= 4 is 11.9 Å². The second kappa shape index (κ2) is 4.11. The van der Waals surface area contributed by atoms with E-state index in [1.807, 2.05) is 13.8 Å². The first kappa shape index (κ1) is 9.83. The van der Waals surface area contributed by atoms with Gasteiger partial charge in [-0.1, -0.05) is 6.92 Å². The van der Waals surface area contributed by atoms with Crippen molar-refractivity contribution in [3.8, 4) is 0 Å². The lowest BCUT2D eigenvalue weighted by Gasteiger charge is -2.15. The van der Waals surface area contributed by atoms with Gasteiger partial charge < -0.3 is 16.4 Å². The van der Waals surface area contributed by atoms with Gasteiger partial charge in [-0.3, -0.25) is 9.79 Å². The van der Waals surface area contributed by atoms with E-state index in [1.165, 1.54) is 0 Å². The molecule has 0 saturated heterocycles. The van der Waals surface area contributed by atoms with E-state index in [2.05, 4.69) is 15.6 Å². The summed E-state index contributed by atoms with van der Waals surface area (Å²) in [4.78, 5) is 15.1. The summed E-state index contributed by atoms with van der Waals surface area (Å²) in [5.41, 5.74) is 5.18. The molecule has 0 aliphatic carbocycles. The lowest BCUT2D eigenvalue weighted by Crippen LogP contribution is -2.48. The van der Waals surface area contributed by atoms with Crippen molar-refractivity contribution in [2.75, 3.05) is 6.54 Å². The van der Waals surface area contributed by atoms with E-state index >= 15 is 0 Å². The fourth-order valence-electron chi connectivity index (χ4n) is 1.18. The Morgan fingerprint density at radius 3 is 3.00 bits per heavy atom. The third-order valence-electron chi connectivity index (χ3n) is 1.97. The quantitative estimate of drug-likeness (QED) is 0.536. The van der Waals surface area contributed by atoms with Crippen molar-refractivity contribution in [3.05, 3.63) is 0 Å². The molecule has 0 saturated carbocycles. The SMILES string of the molecule is CCC(NC1=NCC(C)N1)C(N)=O. The third kappa shape index (κ3) is 2.61. The van der Waals surface area contributed by atoms with Gasteiger partial charge in [0.15, 0.2) is 5.96 Å². The van der Waals surface area contributed by atoms with Crippen molar-refractivity contribution in [1.29, 1.82) is 0 Å². The predicted molar refractivity (Wildman–Crippen MR) is 51.3 cm³/mol. The van der Waals surface area contributed by atoms with Gasteiger partial charge in [0.1, 0.15) is 6.04 Å². The Balaban J connectivity index is 2.43. The van der Waals surface area contributed by atoms with E-state index in [0.29, 0.717) is 18.4 Å². The van der Waals surface area contributed by atoms with Crippen LogP contribution in [0.5, 0.6) is 0 Å². The van der Waals surface area contributed by atoms with E-state index in [0.717, 1.165) is 6.54 Å². The molecule has 0 bridgehead atoms. The largest absolute Gasteiger partial charge is 0.368 e. The number of rotatable bonds is 3. The maximum Gasteiger partial charge on any atom is 0.239 e. The van der Waals surface area contributed by atoms with Crippen LogP contribution in [0.25, 0.3) is 0 Å². The molecule has 0 aromatic carbocycles. The van der Waals surface area contributed by atoms with E-state index in [9.17, 15) is 4.79 Å². The summed E-state index contributed by atoms with van der Waals surface area (Å²) in [6, 6.07) is 0.0180. The van der Waals surface area contributed by atoms with Crippen LogP contribution in [0.4, 0.5) is 0 Å². The summed E-state index contributed by atoms with van der Waals surface area (Å²) in [5, 5.41) is 6.06. The van der Waals surface area contributed by atoms with Gasteiger partial charge in [-0.2, -0.15) is 0 Å². The Kier molecular flexibility index (Phi) is 3.11. The molecule has 0 aromatic rings. The number of nitrogens with one attached hydrogen (secondary N) is 2. The molecule has 2 unspecified atom stereocenters. The van der Waals surface area contributed by atoms with Crippen LogP contribution in [-0.2, 0) is 4.79 Å². The monoisotopic (exact) mass is 184 g/mol. The zero-order valence-electron chi connectivity index (χ0n) is 8.00. The Morgan fingerprint density at radius 2 is 2.62 bits per heavy atom. The van der Waals surface area contributed by atoms with Crippen LogP contribution in [0.2, 0.25) is 0 Å². The molecule has 0 radical (unpaired) electrons. The molecule has 2 atom stereocenters. The number of amides is 1. The Hall–Kier alpha value is -1.26. The standard InChI is InChI=1S/C8H16N4O/c1-3-6(7(9)13)12-8-10-4-5(2)11-8/h5-6H,3-4H2,1-2H3,(H2,9,13)(H2,10,11,12). The maximum absolute atomic E-state index is 10.9. The number of nitrogens with two attached hydrogens (primary N) is 1. The van der Waals surface area contributed by atoms with Gasteiger partial charge in [0, 0.05) is 6.04 Å². The molecule has 74 valence electrons. The minimum absolute atomic E-state index is 0.323. The molecule has 1 aliphatic rings. The highest BCUT2D eigenvalue weighted by molar-refractivity contribution is 5.88. The molecular formula is C8H16N4O. The predicted octanol–water partition coefficient (Wildman–Crippen LogP) is -0.812. The van der Waals surface area contributed by atoms with Crippen molar-refractivity contribution in [2.45, 2.75) is 32.4 Å². The van der Waals surface area contributed by atoms with Crippen LogP contribution in [-0.4, -0.2) is 30.5 Å². The maximum atomic E-state index is 10.9. The van der Waals surface area contributed by atoms with Gasteiger partial charge in [-0.25, -0.2) is 0 Å². The van der Waals surface area contributed by atoms with Crippen molar-refractivity contribution in [1.82, 2.24) is 10.6 Å². The van der Waals surface area contributed by atoms with Gasteiger partial charge >= 0.3 is 0 Å². The molecule has 1 amide bonds. The normalized spacial score (nSPS) is 23.2. The van der Waals surface area contributed by atoms with Crippen molar-refractivity contribution in [2.24, 2.45) is 10.7 Å². The summed E-state index contributed by atoms with van der Waals surface area (Å²) >= 11 is 0. The van der Waals surface area contributed by atoms with Crippen LogP contribution >= 0.6 is 0 Å². The average Bonchev–Trinajstić information content (AvgIpc) is 2.46. The topological polar surface area (TPSA) is 79.5 Å². The van der Waals surface area contributed by atoms with Gasteiger partial charge in [0.25, 0.3) is 0 Å². The average molecular weight is 184 g/mol. The van der Waals surface area contributed by atoms with Gasteiger partial charge in [0.2, 0.25) is 5.91 Å². The Labute approximate surface area is 77.8 Å². The minimum atomic E-state index is -0.341. The molecule has 1 rings (SSSR count). The molecule has 1 heterocycles. The molecule has 0 fully saturated rings. The Bertz CT molecular complexity index is 226. The first-order valence-corrected chi connectivity index (χ1v) is 4.50. The number of nitrogens with zero attached hydrogens (tertiary/aromatic N) is 1. The van der Waals surface area contributed by atoms with Crippen molar-refractivity contribution < 1.29 is 4.79 Å². The molecule has 5 nitrogen and oxygen atoms in total. The third-order valence-corrected chi connectivity index (χ3v) is 1.97. The first-order chi connectivity index (χ1) is 6.13. The summed E-state index contributed by atoms with van der Waals surface area (Å²) < 4.78 is 0. The van der Waals surface area contributed by atoms with E-state index in [-0.39, 0.29) is 11.9 Å². The van der Waals surface area contributed by atoms with Gasteiger partial charge in [0.05, 0.1) is 6.54 Å². The van der Waals surface area contributed by atoms with E-state index in [1.54, 1.807) is 0 Å². The second-order valence-corrected chi connectivity index (χ2v) is 3.24.